The van der Waals surface area contributed by atoms with E-state index in [1.807, 2.05) is 19.9 Å². The van der Waals surface area contributed by atoms with E-state index in [9.17, 15) is 30.3 Å². The van der Waals surface area contributed by atoms with E-state index in [-0.39, 0.29) is 62.6 Å². The molecule has 384 valence electrons. The lowest BCUT2D eigenvalue weighted by atomic mass is 9.79. The highest BCUT2D eigenvalue weighted by Crippen LogP contribution is 2.48. The number of hydrogen-bond acceptors (Lipinski definition) is 15. The first kappa shape index (κ1) is 53.4. The Morgan fingerprint density at radius 1 is 0.985 bits per heavy atom. The molecule has 7 rings (SSSR count). The molecule has 0 bridgehead atoms. The van der Waals surface area contributed by atoms with Gasteiger partial charge in [-0.2, -0.15) is 0 Å². The quantitative estimate of drug-likeness (QED) is 0.0739. The zero-order valence-electron chi connectivity index (χ0n) is 41.2. The van der Waals surface area contributed by atoms with E-state index in [2.05, 4.69) is 39.7 Å². The average molecular weight is 959 g/mol. The van der Waals surface area contributed by atoms with Crippen LogP contribution in [0.5, 0.6) is 0 Å². The molecule has 7 aliphatic heterocycles. The second-order valence-electron chi connectivity index (χ2n) is 21.8. The number of rotatable bonds is 17. The van der Waals surface area contributed by atoms with Crippen LogP contribution in [0.2, 0.25) is 0 Å². The van der Waals surface area contributed by atoms with Crippen molar-refractivity contribution in [2.24, 2.45) is 17.8 Å². The van der Waals surface area contributed by atoms with E-state index in [1.165, 1.54) is 6.92 Å². The molecule has 0 amide bonds. The standard InChI is InChI=1S/C53H82O15/c1-31-26-43(66-53(28-31)44(57)14-13-39(65-53)29-50(8,60)49(59)61-30-32(2)25-35(5)40(55)18-23-54)33(3)11-12-38-16-21-52(64-38)22-17-42-48(68-52)45(58)37(7)47(63-42)41(56)27-36(6)46-34(4)15-20-51(67-46)19-9-10-24-62-51/h11-12,28,33-34,36,38-48,54-58,60H,2,5,7,9-10,13-27,29-30H2,1,3-4,6,8H3/b12-11+/t33-,34-,36+,38?,39+,40?,41+,42?,43+,44-,45-,46?,47+,48?,50-,51+,52-,53-/m1/s1. The van der Waals surface area contributed by atoms with Crippen molar-refractivity contribution in [2.75, 3.05) is 19.8 Å². The number of hydrogen-bond donors (Lipinski definition) is 6. The molecule has 15 nitrogen and oxygen atoms in total. The van der Waals surface area contributed by atoms with E-state index < -0.39 is 77.8 Å². The Balaban J connectivity index is 0.889. The van der Waals surface area contributed by atoms with Gasteiger partial charge in [-0.25, -0.2) is 4.79 Å². The Bertz CT molecular complexity index is 1840. The van der Waals surface area contributed by atoms with Crippen LogP contribution in [0.1, 0.15) is 137 Å². The van der Waals surface area contributed by atoms with Crippen LogP contribution in [0.15, 0.2) is 60.3 Å². The van der Waals surface area contributed by atoms with Crippen molar-refractivity contribution in [2.45, 2.75) is 227 Å². The molecule has 6 saturated heterocycles. The van der Waals surface area contributed by atoms with Crippen LogP contribution in [0.4, 0.5) is 0 Å². The summed E-state index contributed by atoms with van der Waals surface area (Å²) in [5.74, 6) is -3.48. The molecule has 15 heteroatoms. The van der Waals surface area contributed by atoms with Crippen molar-refractivity contribution < 1.29 is 73.3 Å². The van der Waals surface area contributed by atoms with Crippen molar-refractivity contribution in [3.63, 3.8) is 0 Å². The van der Waals surface area contributed by atoms with Gasteiger partial charge < -0.3 is 68.5 Å². The summed E-state index contributed by atoms with van der Waals surface area (Å²) in [6, 6.07) is 0. The third-order valence-electron chi connectivity index (χ3n) is 15.7. The molecule has 6 fully saturated rings. The maximum absolute atomic E-state index is 13.1. The lowest BCUT2D eigenvalue weighted by Gasteiger charge is -2.50. The zero-order valence-corrected chi connectivity index (χ0v) is 41.2. The van der Waals surface area contributed by atoms with Gasteiger partial charge in [0.2, 0.25) is 5.79 Å². The van der Waals surface area contributed by atoms with Gasteiger partial charge in [0.25, 0.3) is 0 Å². The van der Waals surface area contributed by atoms with Crippen LogP contribution < -0.4 is 0 Å². The number of carbonyl (C=O) groups is 1. The molecule has 5 unspecified atom stereocenters. The number of carbonyl (C=O) groups excluding carboxylic acids is 1. The van der Waals surface area contributed by atoms with Crippen LogP contribution in [0, 0.1) is 17.8 Å². The number of esters is 1. The first-order valence-electron chi connectivity index (χ1n) is 25.5. The lowest BCUT2D eigenvalue weighted by molar-refractivity contribution is -0.321. The first-order valence-corrected chi connectivity index (χ1v) is 25.5. The third-order valence-corrected chi connectivity index (χ3v) is 15.7. The zero-order chi connectivity index (χ0) is 49.2. The van der Waals surface area contributed by atoms with Crippen molar-refractivity contribution in [3.05, 3.63) is 60.3 Å². The van der Waals surface area contributed by atoms with Gasteiger partial charge in [-0.1, -0.05) is 58.2 Å². The van der Waals surface area contributed by atoms with Crippen molar-refractivity contribution >= 4 is 5.97 Å². The summed E-state index contributed by atoms with van der Waals surface area (Å²) in [5.41, 5.74) is 0.398. The van der Waals surface area contributed by atoms with Crippen molar-refractivity contribution in [1.29, 1.82) is 0 Å². The summed E-state index contributed by atoms with van der Waals surface area (Å²) in [6.45, 7) is 22.0. The van der Waals surface area contributed by atoms with Gasteiger partial charge in [0.1, 0.15) is 31.0 Å². The summed E-state index contributed by atoms with van der Waals surface area (Å²) in [7, 11) is 0. The van der Waals surface area contributed by atoms with Gasteiger partial charge in [-0.05, 0) is 113 Å². The molecule has 0 saturated carbocycles. The summed E-state index contributed by atoms with van der Waals surface area (Å²) in [6.07, 6.45) is 8.46. The largest absolute Gasteiger partial charge is 0.459 e. The van der Waals surface area contributed by atoms with Gasteiger partial charge in [-0.3, -0.25) is 0 Å². The molecule has 68 heavy (non-hydrogen) atoms. The Hall–Kier alpha value is -2.35. The van der Waals surface area contributed by atoms with Crippen LogP contribution in [0.25, 0.3) is 0 Å². The Morgan fingerprint density at radius 3 is 2.47 bits per heavy atom. The number of fused-ring (bicyclic) bond motifs is 1. The molecular formula is C53H82O15. The highest BCUT2D eigenvalue weighted by atomic mass is 16.7. The summed E-state index contributed by atoms with van der Waals surface area (Å²) >= 11 is 0. The fraction of sp³-hybridized carbons (Fsp3) is 0.792. The number of ether oxygens (including phenoxy) is 8. The number of aliphatic hydroxyl groups is 6. The smallest absolute Gasteiger partial charge is 0.338 e. The topological polar surface area (TPSA) is 212 Å². The second kappa shape index (κ2) is 22.2. The van der Waals surface area contributed by atoms with Crippen LogP contribution in [0.3, 0.4) is 0 Å². The molecule has 7 aliphatic rings. The predicted octanol–water partition coefficient (Wildman–Crippen LogP) is 5.92. The maximum Gasteiger partial charge on any atom is 0.338 e. The van der Waals surface area contributed by atoms with E-state index in [4.69, 9.17) is 43.0 Å². The molecule has 6 N–H and O–H groups in total. The molecule has 18 atom stereocenters. The molecule has 7 heterocycles. The SMILES string of the molecule is C=C(COC(=O)[C@](C)(O)C[C@@H]1CC[C@@H](O)[C@]2(C=C(C)C[C@@H]([C@H](C)/C=C/C3CC[C@@]4(CCC5O[C@H]([C@@H](O)C[C@H](C)C6O[C@@]7(CCCCO7)CC[C@H]6C)C(=C)[C@@H](O)C5O4)O3)O2)O1)CC(=C)C(O)CCO. The molecule has 0 aromatic rings. The van der Waals surface area contributed by atoms with Gasteiger partial charge >= 0.3 is 5.97 Å². The average Bonchev–Trinajstić information content (AvgIpc) is 3.69. The van der Waals surface area contributed by atoms with Crippen LogP contribution >= 0.6 is 0 Å². The second-order valence-corrected chi connectivity index (χ2v) is 21.8. The Morgan fingerprint density at radius 2 is 1.74 bits per heavy atom. The van der Waals surface area contributed by atoms with Gasteiger partial charge in [0.15, 0.2) is 17.2 Å². The van der Waals surface area contributed by atoms with E-state index >= 15 is 0 Å². The highest BCUT2D eigenvalue weighted by Gasteiger charge is 2.55. The Kier molecular flexibility index (Phi) is 17.4. The minimum atomic E-state index is -1.91. The van der Waals surface area contributed by atoms with E-state index in [0.717, 1.165) is 44.3 Å². The monoisotopic (exact) mass is 959 g/mol. The van der Waals surface area contributed by atoms with Crippen LogP contribution in [-0.2, 0) is 42.7 Å². The molecule has 0 aromatic heterocycles. The summed E-state index contributed by atoms with van der Waals surface area (Å²) in [5, 5.41) is 65.0. The lowest BCUT2D eigenvalue weighted by Crippen LogP contribution is -2.60. The van der Waals surface area contributed by atoms with E-state index in [1.54, 1.807) is 6.08 Å². The normalized spacial score (nSPS) is 40.3. The first-order chi connectivity index (χ1) is 32.2. The molecule has 0 aliphatic carbocycles. The van der Waals surface area contributed by atoms with Crippen molar-refractivity contribution in [1.82, 2.24) is 0 Å². The molecular weight excluding hydrogens is 877 g/mol. The summed E-state index contributed by atoms with van der Waals surface area (Å²) < 4.78 is 51.1. The van der Waals surface area contributed by atoms with Gasteiger partial charge in [-0.15, -0.1) is 0 Å². The van der Waals surface area contributed by atoms with Gasteiger partial charge in [0.05, 0.1) is 49.3 Å². The fourth-order valence-corrected chi connectivity index (χ4v) is 11.7. The minimum absolute atomic E-state index is 0.0382. The Labute approximate surface area is 403 Å². The predicted molar refractivity (Wildman–Crippen MR) is 252 cm³/mol. The molecule has 0 radical (unpaired) electrons. The van der Waals surface area contributed by atoms with Gasteiger partial charge in [0, 0.05) is 51.0 Å². The fourth-order valence-electron chi connectivity index (χ4n) is 11.7. The van der Waals surface area contributed by atoms with Crippen LogP contribution in [-0.4, -0.2) is 147 Å². The molecule has 0 aromatic carbocycles. The maximum atomic E-state index is 13.1. The highest BCUT2D eigenvalue weighted by molar-refractivity contribution is 5.78. The van der Waals surface area contributed by atoms with Crippen molar-refractivity contribution in [3.8, 4) is 0 Å². The minimum Gasteiger partial charge on any atom is -0.459 e. The van der Waals surface area contributed by atoms with E-state index in [0.29, 0.717) is 74.0 Å². The molecule has 3 spiro atoms. The number of aliphatic hydroxyl groups excluding tert-OH is 5. The summed E-state index contributed by atoms with van der Waals surface area (Å²) in [4.78, 5) is 13.1. The third kappa shape index (κ3) is 12.3.